The van der Waals surface area contributed by atoms with E-state index in [1.165, 1.54) is 0 Å². The lowest BCUT2D eigenvalue weighted by Gasteiger charge is -1.82. The fraction of sp³-hybridized carbons (Fsp3) is 0. The Labute approximate surface area is 75.3 Å². The van der Waals surface area contributed by atoms with E-state index in [1.54, 1.807) is 6.07 Å². The first-order chi connectivity index (χ1) is 5.36. The highest BCUT2D eigenvalue weighted by Crippen LogP contribution is 2.17. The Morgan fingerprint density at radius 1 is 1.45 bits per heavy atom. The molecule has 56 valence electrons. The number of nitrogens with one attached hydrogen (secondary N) is 1. The second-order valence-electron chi connectivity index (χ2n) is 1.84. The zero-order valence-electron chi connectivity index (χ0n) is 5.28. The minimum Gasteiger partial charge on any atom is -0.447 e. The molecular formula is C5H3IN4O. The average molecular weight is 262 g/mol. The lowest BCUT2D eigenvalue weighted by atomic mass is 10.4. The maximum Gasteiger partial charge on any atom is 0.239 e. The summed E-state index contributed by atoms with van der Waals surface area (Å²) >= 11 is 2.07. The Hall–Kier alpha value is -0.920. The van der Waals surface area contributed by atoms with Crippen LogP contribution in [0.3, 0.4) is 0 Å². The molecule has 0 saturated heterocycles. The molecule has 0 spiro atoms. The molecule has 1 N–H and O–H groups in total. The third kappa shape index (κ3) is 1.25. The summed E-state index contributed by atoms with van der Waals surface area (Å²) in [5, 5.41) is 13.3. The molecule has 0 aliphatic heterocycles. The zero-order valence-corrected chi connectivity index (χ0v) is 7.44. The summed E-state index contributed by atoms with van der Waals surface area (Å²) in [4.78, 5) is 0. The van der Waals surface area contributed by atoms with Crippen LogP contribution in [0, 0.1) is 3.77 Å². The standard InChI is InChI=1S/C5H3IN4O/c6-4-2-1-3(11-4)5-7-9-10-8-5/h1-2H,(H,7,8,9,10). The third-order valence-corrected chi connectivity index (χ3v) is 1.72. The quantitative estimate of drug-likeness (QED) is 0.780. The molecular weight excluding hydrogens is 259 g/mol. The molecule has 6 heteroatoms. The minimum absolute atomic E-state index is 0.480. The Morgan fingerprint density at radius 2 is 2.36 bits per heavy atom. The number of aromatic amines is 1. The Bertz CT molecular complexity index is 341. The highest BCUT2D eigenvalue weighted by molar-refractivity contribution is 14.1. The number of hydrogen-bond donors (Lipinski definition) is 1. The van der Waals surface area contributed by atoms with Gasteiger partial charge in [0.15, 0.2) is 9.53 Å². The van der Waals surface area contributed by atoms with Crippen LogP contribution in [0.5, 0.6) is 0 Å². The maximum absolute atomic E-state index is 5.23. The van der Waals surface area contributed by atoms with Crippen LogP contribution in [-0.2, 0) is 0 Å². The second kappa shape index (κ2) is 2.61. The van der Waals surface area contributed by atoms with E-state index in [0.29, 0.717) is 11.6 Å². The van der Waals surface area contributed by atoms with Crippen molar-refractivity contribution in [1.82, 2.24) is 20.6 Å². The van der Waals surface area contributed by atoms with E-state index in [4.69, 9.17) is 4.42 Å². The Morgan fingerprint density at radius 3 is 2.91 bits per heavy atom. The maximum atomic E-state index is 5.23. The predicted molar refractivity (Wildman–Crippen MR) is 44.6 cm³/mol. The molecule has 0 bridgehead atoms. The van der Waals surface area contributed by atoms with Crippen molar-refractivity contribution in [3.8, 4) is 11.6 Å². The van der Waals surface area contributed by atoms with E-state index >= 15 is 0 Å². The van der Waals surface area contributed by atoms with E-state index in [-0.39, 0.29) is 0 Å². The monoisotopic (exact) mass is 262 g/mol. The van der Waals surface area contributed by atoms with E-state index in [9.17, 15) is 0 Å². The number of aromatic nitrogens is 4. The van der Waals surface area contributed by atoms with Crippen LogP contribution in [0.2, 0.25) is 0 Å². The van der Waals surface area contributed by atoms with Gasteiger partial charge in [0.25, 0.3) is 0 Å². The van der Waals surface area contributed by atoms with Gasteiger partial charge in [-0.2, -0.15) is 5.21 Å². The smallest absolute Gasteiger partial charge is 0.239 e. The van der Waals surface area contributed by atoms with Gasteiger partial charge in [0, 0.05) is 0 Å². The Kier molecular flexibility index (Phi) is 1.60. The number of H-pyrrole nitrogens is 1. The number of tetrazole rings is 1. The van der Waals surface area contributed by atoms with Crippen LogP contribution in [0.1, 0.15) is 0 Å². The summed E-state index contributed by atoms with van der Waals surface area (Å²) in [5.41, 5.74) is 0. The molecule has 2 aromatic heterocycles. The largest absolute Gasteiger partial charge is 0.447 e. The first-order valence-electron chi connectivity index (χ1n) is 2.85. The Balaban J connectivity index is 2.45. The topological polar surface area (TPSA) is 67.6 Å². The third-order valence-electron chi connectivity index (χ3n) is 1.14. The molecule has 0 saturated carbocycles. The van der Waals surface area contributed by atoms with Crippen molar-refractivity contribution in [2.75, 3.05) is 0 Å². The predicted octanol–water partition coefficient (Wildman–Crippen LogP) is 1.06. The van der Waals surface area contributed by atoms with Gasteiger partial charge in [-0.3, -0.25) is 0 Å². The van der Waals surface area contributed by atoms with Crippen molar-refractivity contribution in [3.05, 3.63) is 15.9 Å². The second-order valence-corrected chi connectivity index (χ2v) is 2.90. The van der Waals surface area contributed by atoms with Gasteiger partial charge in [0.2, 0.25) is 5.82 Å². The molecule has 0 radical (unpaired) electrons. The summed E-state index contributed by atoms with van der Waals surface area (Å²) in [6.45, 7) is 0. The number of hydrogen-bond acceptors (Lipinski definition) is 4. The van der Waals surface area contributed by atoms with Gasteiger partial charge >= 0.3 is 0 Å². The molecule has 2 heterocycles. The summed E-state index contributed by atoms with van der Waals surface area (Å²) in [6, 6.07) is 3.64. The van der Waals surface area contributed by atoms with Gasteiger partial charge in [0.05, 0.1) is 0 Å². The highest BCUT2D eigenvalue weighted by atomic mass is 127. The number of nitrogens with zero attached hydrogens (tertiary/aromatic N) is 3. The molecule has 0 atom stereocenters. The number of furan rings is 1. The van der Waals surface area contributed by atoms with Crippen molar-refractivity contribution >= 4 is 22.6 Å². The summed E-state index contributed by atoms with van der Waals surface area (Å²) in [6.07, 6.45) is 0. The first kappa shape index (κ1) is 6.77. The van der Waals surface area contributed by atoms with Gasteiger partial charge in [0.1, 0.15) is 0 Å². The van der Waals surface area contributed by atoms with Crippen LogP contribution in [0.25, 0.3) is 11.6 Å². The summed E-state index contributed by atoms with van der Waals surface area (Å²) in [5.74, 6) is 1.11. The minimum atomic E-state index is 0.480. The molecule has 0 aliphatic carbocycles. The van der Waals surface area contributed by atoms with Crippen LogP contribution in [-0.4, -0.2) is 20.6 Å². The van der Waals surface area contributed by atoms with Gasteiger partial charge in [-0.1, -0.05) is 0 Å². The van der Waals surface area contributed by atoms with Crippen molar-refractivity contribution in [2.24, 2.45) is 0 Å². The number of rotatable bonds is 1. The van der Waals surface area contributed by atoms with Gasteiger partial charge in [-0.25, -0.2) is 0 Å². The molecule has 2 rings (SSSR count). The molecule has 0 unspecified atom stereocenters. The lowest BCUT2D eigenvalue weighted by Crippen LogP contribution is -1.75. The van der Waals surface area contributed by atoms with Gasteiger partial charge < -0.3 is 4.42 Å². The SMILES string of the molecule is Ic1ccc(-c2nn[nH]n2)o1. The average Bonchev–Trinajstić information content (AvgIpc) is 2.55. The normalized spacial score (nSPS) is 10.3. The van der Waals surface area contributed by atoms with Gasteiger partial charge in [-0.05, 0) is 39.9 Å². The molecule has 11 heavy (non-hydrogen) atoms. The fourth-order valence-electron chi connectivity index (χ4n) is 0.701. The summed E-state index contributed by atoms with van der Waals surface area (Å²) < 4.78 is 6.04. The van der Waals surface area contributed by atoms with Crippen LogP contribution < -0.4 is 0 Å². The highest BCUT2D eigenvalue weighted by Gasteiger charge is 2.06. The summed E-state index contributed by atoms with van der Waals surface area (Å²) in [7, 11) is 0. The van der Waals surface area contributed by atoms with Crippen LogP contribution in [0.15, 0.2) is 16.5 Å². The molecule has 5 nitrogen and oxygen atoms in total. The molecule has 0 aromatic carbocycles. The fourth-order valence-corrected chi connectivity index (χ4v) is 1.12. The zero-order chi connectivity index (χ0) is 7.68. The number of halogens is 1. The van der Waals surface area contributed by atoms with Crippen LogP contribution in [0.4, 0.5) is 0 Å². The van der Waals surface area contributed by atoms with Crippen molar-refractivity contribution < 1.29 is 4.42 Å². The molecule has 0 fully saturated rings. The lowest BCUT2D eigenvalue weighted by molar-refractivity contribution is 0.548. The molecule has 0 aliphatic rings. The molecule has 2 aromatic rings. The molecule has 0 amide bonds. The van der Waals surface area contributed by atoms with Crippen molar-refractivity contribution in [3.63, 3.8) is 0 Å². The van der Waals surface area contributed by atoms with E-state index < -0.39 is 0 Å². The van der Waals surface area contributed by atoms with Crippen molar-refractivity contribution in [2.45, 2.75) is 0 Å². The van der Waals surface area contributed by atoms with E-state index in [2.05, 4.69) is 43.2 Å². The van der Waals surface area contributed by atoms with E-state index in [1.807, 2.05) is 6.07 Å². The van der Waals surface area contributed by atoms with E-state index in [0.717, 1.165) is 3.77 Å². The van der Waals surface area contributed by atoms with Gasteiger partial charge in [-0.15, -0.1) is 10.2 Å². The first-order valence-corrected chi connectivity index (χ1v) is 3.93. The van der Waals surface area contributed by atoms with Crippen LogP contribution >= 0.6 is 22.6 Å². The van der Waals surface area contributed by atoms with Crippen molar-refractivity contribution in [1.29, 1.82) is 0 Å².